The molecule has 4 aromatic rings. The summed E-state index contributed by atoms with van der Waals surface area (Å²) in [5.41, 5.74) is 0.0645. The number of carbonyl (C=O) groups excluding carboxylic acids is 1. The molecule has 1 aromatic carbocycles. The van der Waals surface area contributed by atoms with Crippen LogP contribution in [0.5, 0.6) is 0 Å². The van der Waals surface area contributed by atoms with Gasteiger partial charge in [0.2, 0.25) is 0 Å². The molecule has 0 atom stereocenters. The minimum absolute atomic E-state index is 0.0284. The molecule has 160 valence electrons. The summed E-state index contributed by atoms with van der Waals surface area (Å²) in [5, 5.41) is 10.1. The Balaban J connectivity index is 1.30. The highest BCUT2D eigenvalue weighted by atomic mass is 32.1. The predicted molar refractivity (Wildman–Crippen MR) is 112 cm³/mol. The number of hydrogen-bond acceptors (Lipinski definition) is 6. The van der Waals surface area contributed by atoms with E-state index in [9.17, 15) is 18.0 Å². The fraction of sp³-hybridized carbons (Fsp3) is 0.158. The summed E-state index contributed by atoms with van der Waals surface area (Å²) in [4.78, 5) is 24.6. The molecule has 0 spiro atoms. The van der Waals surface area contributed by atoms with Gasteiger partial charge >= 0.3 is 12.2 Å². The maximum atomic E-state index is 12.8. The lowest BCUT2D eigenvalue weighted by atomic mass is 10.2. The first-order valence-corrected chi connectivity index (χ1v) is 9.95. The van der Waals surface area contributed by atoms with Gasteiger partial charge in [0.05, 0.1) is 22.1 Å². The monoisotopic (exact) mass is 447 g/mol. The lowest BCUT2D eigenvalue weighted by Gasteiger charge is -2.10. The van der Waals surface area contributed by atoms with Crippen LogP contribution in [0, 0.1) is 0 Å². The number of amides is 2. The Morgan fingerprint density at radius 1 is 1.13 bits per heavy atom. The fourth-order valence-electron chi connectivity index (χ4n) is 2.82. The van der Waals surface area contributed by atoms with Crippen molar-refractivity contribution in [3.05, 3.63) is 60.1 Å². The SMILES string of the molecule is O=C(Nc1cccc(C(F)(F)F)c1)Nc1cn(CCNc2ncnc3ccsc23)cn1. The normalized spacial score (nSPS) is 11.5. The van der Waals surface area contributed by atoms with Gasteiger partial charge in [0.15, 0.2) is 5.82 Å². The zero-order chi connectivity index (χ0) is 21.8. The number of hydrogen-bond donors (Lipinski definition) is 3. The first kappa shape index (κ1) is 20.6. The van der Waals surface area contributed by atoms with Crippen molar-refractivity contribution in [2.45, 2.75) is 12.7 Å². The molecule has 0 radical (unpaired) electrons. The lowest BCUT2D eigenvalue weighted by molar-refractivity contribution is -0.137. The zero-order valence-corrected chi connectivity index (χ0v) is 16.7. The van der Waals surface area contributed by atoms with Gasteiger partial charge < -0.3 is 15.2 Å². The maximum absolute atomic E-state index is 12.8. The average Bonchev–Trinajstić information content (AvgIpc) is 3.37. The molecular formula is C19H16F3N7OS. The quantitative estimate of drug-likeness (QED) is 0.399. The second-order valence-electron chi connectivity index (χ2n) is 6.44. The molecule has 0 saturated heterocycles. The number of alkyl halides is 3. The molecule has 8 nitrogen and oxygen atoms in total. The molecule has 0 fully saturated rings. The van der Waals surface area contributed by atoms with Gasteiger partial charge in [-0.1, -0.05) is 6.07 Å². The minimum atomic E-state index is -4.48. The number of rotatable bonds is 6. The number of carbonyl (C=O) groups is 1. The Bertz CT molecular complexity index is 1200. The molecule has 0 aliphatic carbocycles. The molecule has 4 rings (SSSR count). The summed E-state index contributed by atoms with van der Waals surface area (Å²) in [6, 6.07) is 5.62. The number of benzene rings is 1. The van der Waals surface area contributed by atoms with E-state index < -0.39 is 17.8 Å². The van der Waals surface area contributed by atoms with E-state index in [1.54, 1.807) is 28.4 Å². The van der Waals surface area contributed by atoms with Gasteiger partial charge in [-0.05, 0) is 29.6 Å². The molecule has 3 N–H and O–H groups in total. The number of anilines is 3. The van der Waals surface area contributed by atoms with Crippen LogP contribution in [-0.2, 0) is 12.7 Å². The summed E-state index contributed by atoms with van der Waals surface area (Å²) < 4.78 is 41.1. The van der Waals surface area contributed by atoms with Gasteiger partial charge in [-0.3, -0.25) is 5.32 Å². The lowest BCUT2D eigenvalue weighted by Crippen LogP contribution is -2.20. The van der Waals surface area contributed by atoms with E-state index in [2.05, 4.69) is 30.9 Å². The molecule has 0 aliphatic rings. The maximum Gasteiger partial charge on any atom is 0.416 e. The highest BCUT2D eigenvalue weighted by molar-refractivity contribution is 7.17. The van der Waals surface area contributed by atoms with Gasteiger partial charge in [-0.25, -0.2) is 19.7 Å². The van der Waals surface area contributed by atoms with E-state index in [0.717, 1.165) is 28.2 Å². The molecule has 0 unspecified atom stereocenters. The van der Waals surface area contributed by atoms with Crippen LogP contribution in [0.2, 0.25) is 0 Å². The Morgan fingerprint density at radius 3 is 2.84 bits per heavy atom. The molecular weight excluding hydrogens is 431 g/mol. The van der Waals surface area contributed by atoms with Crippen molar-refractivity contribution in [2.24, 2.45) is 0 Å². The Labute approximate surface area is 178 Å². The highest BCUT2D eigenvalue weighted by Gasteiger charge is 2.30. The summed E-state index contributed by atoms with van der Waals surface area (Å²) in [7, 11) is 0. The summed E-state index contributed by atoms with van der Waals surface area (Å²) in [6.07, 6.45) is 0.179. The van der Waals surface area contributed by atoms with Crippen LogP contribution in [0.15, 0.2) is 54.6 Å². The van der Waals surface area contributed by atoms with Gasteiger partial charge in [-0.2, -0.15) is 13.2 Å². The number of urea groups is 1. The van der Waals surface area contributed by atoms with Crippen LogP contribution in [-0.4, -0.2) is 32.1 Å². The van der Waals surface area contributed by atoms with E-state index in [1.807, 2.05) is 11.4 Å². The van der Waals surface area contributed by atoms with Crippen molar-refractivity contribution < 1.29 is 18.0 Å². The number of fused-ring (bicyclic) bond motifs is 1. The molecule has 2 amide bonds. The third-order valence-corrected chi connectivity index (χ3v) is 5.14. The molecule has 12 heteroatoms. The molecule has 0 bridgehead atoms. The van der Waals surface area contributed by atoms with E-state index in [-0.39, 0.29) is 11.5 Å². The van der Waals surface area contributed by atoms with Crippen LogP contribution >= 0.6 is 11.3 Å². The number of nitrogens with one attached hydrogen (secondary N) is 3. The Morgan fingerprint density at radius 2 is 2.00 bits per heavy atom. The van der Waals surface area contributed by atoms with Crippen molar-refractivity contribution in [1.29, 1.82) is 0 Å². The van der Waals surface area contributed by atoms with Gasteiger partial charge in [0.25, 0.3) is 0 Å². The minimum Gasteiger partial charge on any atom is -0.367 e. The highest BCUT2D eigenvalue weighted by Crippen LogP contribution is 2.30. The summed E-state index contributed by atoms with van der Waals surface area (Å²) >= 11 is 1.55. The van der Waals surface area contributed by atoms with Crippen molar-refractivity contribution in [1.82, 2.24) is 19.5 Å². The van der Waals surface area contributed by atoms with Gasteiger partial charge in [-0.15, -0.1) is 11.3 Å². The van der Waals surface area contributed by atoms with Crippen LogP contribution in [0.3, 0.4) is 0 Å². The number of halogens is 3. The number of nitrogens with zero attached hydrogens (tertiary/aromatic N) is 4. The van der Waals surface area contributed by atoms with E-state index in [1.165, 1.54) is 18.5 Å². The largest absolute Gasteiger partial charge is 0.416 e. The molecule has 0 saturated carbocycles. The van der Waals surface area contributed by atoms with Crippen LogP contribution in [0.4, 0.5) is 35.3 Å². The average molecular weight is 447 g/mol. The van der Waals surface area contributed by atoms with Crippen LogP contribution in [0.25, 0.3) is 10.2 Å². The zero-order valence-electron chi connectivity index (χ0n) is 15.8. The number of aromatic nitrogens is 4. The van der Waals surface area contributed by atoms with Crippen LogP contribution in [0.1, 0.15) is 5.56 Å². The third-order valence-electron chi connectivity index (χ3n) is 4.23. The predicted octanol–water partition coefficient (Wildman–Crippen LogP) is 4.66. The second-order valence-corrected chi connectivity index (χ2v) is 7.35. The Hall–Kier alpha value is -3.67. The second kappa shape index (κ2) is 8.60. The van der Waals surface area contributed by atoms with Gasteiger partial charge in [0.1, 0.15) is 12.1 Å². The topological polar surface area (TPSA) is 96.8 Å². The summed E-state index contributed by atoms with van der Waals surface area (Å²) in [6.45, 7) is 1.12. The van der Waals surface area contributed by atoms with Crippen molar-refractivity contribution in [2.75, 3.05) is 22.5 Å². The van der Waals surface area contributed by atoms with Crippen LogP contribution < -0.4 is 16.0 Å². The molecule has 0 aliphatic heterocycles. The molecule has 3 aromatic heterocycles. The number of thiophene rings is 1. The summed E-state index contributed by atoms with van der Waals surface area (Å²) in [5.74, 6) is 1.02. The first-order chi connectivity index (χ1) is 14.9. The standard InChI is InChI=1S/C19H16F3N7OS/c20-19(21,22)12-2-1-3-13(8-12)27-18(30)28-15-9-29(11-26-15)6-5-23-17-16-14(4-7-31-16)24-10-25-17/h1-4,7-11H,5-6H2,(H,23,24,25)(H2,27,28,30). The molecule has 31 heavy (non-hydrogen) atoms. The fourth-order valence-corrected chi connectivity index (χ4v) is 3.63. The van der Waals surface area contributed by atoms with E-state index in [0.29, 0.717) is 13.1 Å². The molecule has 3 heterocycles. The first-order valence-electron chi connectivity index (χ1n) is 9.07. The number of imidazole rings is 1. The van der Waals surface area contributed by atoms with Crippen molar-refractivity contribution >= 4 is 44.9 Å². The van der Waals surface area contributed by atoms with E-state index >= 15 is 0 Å². The van der Waals surface area contributed by atoms with Crippen molar-refractivity contribution in [3.63, 3.8) is 0 Å². The Kier molecular flexibility index (Phi) is 5.71. The third kappa shape index (κ3) is 5.09. The van der Waals surface area contributed by atoms with E-state index in [4.69, 9.17) is 0 Å². The van der Waals surface area contributed by atoms with Gasteiger partial charge in [0, 0.05) is 25.0 Å². The smallest absolute Gasteiger partial charge is 0.367 e. The van der Waals surface area contributed by atoms with Crippen molar-refractivity contribution in [3.8, 4) is 0 Å².